The molecule has 0 aromatic heterocycles. The van der Waals surface area contributed by atoms with Crippen molar-refractivity contribution in [3.8, 4) is 0 Å². The maximum absolute atomic E-state index is 6.82. The Morgan fingerprint density at radius 3 is 0.780 bits per heavy atom. The van der Waals surface area contributed by atoms with Crippen molar-refractivity contribution in [2.45, 2.75) is 325 Å². The quantitative estimate of drug-likeness (QED) is 0.0451. The van der Waals surface area contributed by atoms with Crippen molar-refractivity contribution in [1.29, 1.82) is 0 Å². The minimum absolute atomic E-state index is 0.138. The predicted molar refractivity (Wildman–Crippen MR) is 265 cm³/mol. The number of hydrogen-bond donors (Lipinski definition) is 0. The smallest absolute Gasteiger partial charge is 0.160 e. The Labute approximate surface area is 374 Å². The van der Waals surface area contributed by atoms with Crippen molar-refractivity contribution in [3.05, 3.63) is 0 Å². The van der Waals surface area contributed by atoms with Gasteiger partial charge in [-0.15, -0.1) is 0 Å². The van der Waals surface area contributed by atoms with Gasteiger partial charge in [-0.2, -0.15) is 0 Å². The van der Waals surface area contributed by atoms with E-state index in [0.29, 0.717) is 0 Å². The van der Waals surface area contributed by atoms with Crippen LogP contribution in [0.1, 0.15) is 312 Å². The highest BCUT2D eigenvalue weighted by atomic mass is 16.8. The van der Waals surface area contributed by atoms with Gasteiger partial charge in [-0.05, 0) is 75.0 Å². The minimum atomic E-state index is -0.138. The fourth-order valence-corrected chi connectivity index (χ4v) is 9.46. The van der Waals surface area contributed by atoms with Crippen molar-refractivity contribution in [3.63, 3.8) is 0 Å². The van der Waals surface area contributed by atoms with Crippen LogP contribution in [-0.2, 0) is 14.2 Å². The van der Waals surface area contributed by atoms with Gasteiger partial charge in [-0.3, -0.25) is 0 Å². The molecule has 0 heterocycles. The lowest BCUT2D eigenvalue weighted by Crippen LogP contribution is -2.28. The van der Waals surface area contributed by atoms with Crippen LogP contribution in [0.15, 0.2) is 0 Å². The third kappa shape index (κ3) is 44.3. The first kappa shape index (κ1) is 58.9. The molecule has 0 N–H and O–H groups in total. The highest BCUT2D eigenvalue weighted by Gasteiger charge is 2.20. The van der Waals surface area contributed by atoms with Gasteiger partial charge in [0.05, 0.1) is 0 Å². The molecule has 0 bridgehead atoms. The molecule has 3 nitrogen and oxygen atoms in total. The van der Waals surface area contributed by atoms with E-state index < -0.39 is 0 Å². The van der Waals surface area contributed by atoms with Gasteiger partial charge < -0.3 is 14.2 Å². The van der Waals surface area contributed by atoms with Gasteiger partial charge in [-0.1, -0.05) is 261 Å². The Morgan fingerprint density at radius 2 is 0.492 bits per heavy atom. The third-order valence-electron chi connectivity index (χ3n) is 13.4. The van der Waals surface area contributed by atoms with Crippen molar-refractivity contribution in [2.75, 3.05) is 13.2 Å². The molecule has 0 rings (SSSR count). The summed E-state index contributed by atoms with van der Waals surface area (Å²) in [6, 6.07) is 0. The van der Waals surface area contributed by atoms with E-state index in [-0.39, 0.29) is 12.6 Å². The molecule has 3 heteroatoms. The van der Waals surface area contributed by atoms with Crippen molar-refractivity contribution in [1.82, 2.24) is 0 Å². The summed E-state index contributed by atoms with van der Waals surface area (Å²) in [7, 11) is 0. The molecule has 0 aromatic carbocycles. The zero-order valence-electron chi connectivity index (χ0n) is 42.4. The minimum Gasteiger partial charge on any atom is -0.353 e. The SMILES string of the molecule is CCCCCCCCCCCCC(C)CC(C)CCCC(OCCCCCCC)OC(CCCC(C)CC(C)CCCCCCCCCCCC)OCCCCCCC. The van der Waals surface area contributed by atoms with Crippen molar-refractivity contribution >= 4 is 0 Å². The van der Waals surface area contributed by atoms with E-state index in [2.05, 4.69) is 55.4 Å². The molecule has 6 atom stereocenters. The molecule has 0 aliphatic heterocycles. The monoisotopic (exact) mass is 835 g/mol. The lowest BCUT2D eigenvalue weighted by molar-refractivity contribution is -0.250. The molecule has 0 radical (unpaired) electrons. The first-order valence-corrected chi connectivity index (χ1v) is 27.7. The van der Waals surface area contributed by atoms with Crippen LogP contribution in [0.2, 0.25) is 0 Å². The lowest BCUT2D eigenvalue weighted by Gasteiger charge is -2.27. The zero-order chi connectivity index (χ0) is 43.3. The molecular weight excluding hydrogens is 721 g/mol. The standard InChI is InChI=1S/C56H114O3/c1-9-13-17-21-23-25-27-29-31-35-41-51(5)49-53(7)43-39-45-55(57-47-37-33-19-15-11-3)59-56(58-48-38-34-20-16-12-4)46-40-44-54(8)50-52(6)42-36-32-30-28-26-24-22-18-14-10-2/h51-56H,9-50H2,1-8H3. The Morgan fingerprint density at radius 1 is 0.254 bits per heavy atom. The molecule has 0 spiro atoms. The normalized spacial score (nSPS) is 15.1. The summed E-state index contributed by atoms with van der Waals surface area (Å²) in [5.41, 5.74) is 0. The van der Waals surface area contributed by atoms with Gasteiger partial charge in [0.2, 0.25) is 0 Å². The van der Waals surface area contributed by atoms with E-state index >= 15 is 0 Å². The molecule has 356 valence electrons. The summed E-state index contributed by atoms with van der Waals surface area (Å²) < 4.78 is 19.9. The van der Waals surface area contributed by atoms with Crippen LogP contribution in [-0.4, -0.2) is 25.8 Å². The van der Waals surface area contributed by atoms with Crippen molar-refractivity contribution in [2.24, 2.45) is 23.7 Å². The van der Waals surface area contributed by atoms with Gasteiger partial charge in [0.15, 0.2) is 12.6 Å². The Kier molecular flexibility index (Phi) is 47.3. The summed E-state index contributed by atoms with van der Waals surface area (Å²) in [4.78, 5) is 0. The van der Waals surface area contributed by atoms with E-state index in [1.165, 1.54) is 231 Å². The molecule has 0 saturated carbocycles. The second kappa shape index (κ2) is 47.4. The number of ether oxygens (including phenoxy) is 3. The summed E-state index contributed by atoms with van der Waals surface area (Å²) in [5, 5.41) is 0. The van der Waals surface area contributed by atoms with Crippen LogP contribution in [0.25, 0.3) is 0 Å². The molecule has 0 aliphatic rings. The highest BCUT2D eigenvalue weighted by molar-refractivity contribution is 4.65. The molecule has 0 fully saturated rings. The molecule has 6 unspecified atom stereocenters. The van der Waals surface area contributed by atoms with E-state index in [4.69, 9.17) is 14.2 Å². The van der Waals surface area contributed by atoms with Gasteiger partial charge in [0, 0.05) is 13.2 Å². The summed E-state index contributed by atoms with van der Waals surface area (Å²) in [6.45, 7) is 20.8. The van der Waals surface area contributed by atoms with Crippen LogP contribution in [0, 0.1) is 23.7 Å². The fourth-order valence-electron chi connectivity index (χ4n) is 9.46. The number of rotatable bonds is 50. The van der Waals surface area contributed by atoms with E-state index in [1.54, 1.807) is 0 Å². The first-order chi connectivity index (χ1) is 28.9. The largest absolute Gasteiger partial charge is 0.353 e. The average Bonchev–Trinajstić information content (AvgIpc) is 3.21. The van der Waals surface area contributed by atoms with Crippen molar-refractivity contribution < 1.29 is 14.2 Å². The van der Waals surface area contributed by atoms with Gasteiger partial charge in [-0.25, -0.2) is 0 Å². The third-order valence-corrected chi connectivity index (χ3v) is 13.4. The van der Waals surface area contributed by atoms with Crippen LogP contribution in [0.4, 0.5) is 0 Å². The van der Waals surface area contributed by atoms with E-state index in [1.807, 2.05) is 0 Å². The molecular formula is C56H114O3. The topological polar surface area (TPSA) is 27.7 Å². The Balaban J connectivity index is 4.83. The van der Waals surface area contributed by atoms with Crippen LogP contribution in [0.5, 0.6) is 0 Å². The predicted octanol–water partition coefficient (Wildman–Crippen LogP) is 19.9. The second-order valence-electron chi connectivity index (χ2n) is 20.3. The fraction of sp³-hybridized carbons (Fsp3) is 1.00. The molecule has 0 saturated heterocycles. The van der Waals surface area contributed by atoms with Gasteiger partial charge >= 0.3 is 0 Å². The summed E-state index contributed by atoms with van der Waals surface area (Å²) >= 11 is 0. The Hall–Kier alpha value is -0.120. The van der Waals surface area contributed by atoms with Gasteiger partial charge in [0.25, 0.3) is 0 Å². The first-order valence-electron chi connectivity index (χ1n) is 27.7. The summed E-state index contributed by atoms with van der Waals surface area (Å²) in [6.07, 6.45) is 53.5. The van der Waals surface area contributed by atoms with Gasteiger partial charge in [0.1, 0.15) is 0 Å². The van der Waals surface area contributed by atoms with E-state index in [0.717, 1.165) is 62.6 Å². The molecule has 0 aromatic rings. The zero-order valence-corrected chi connectivity index (χ0v) is 42.4. The Bertz CT molecular complexity index is 708. The average molecular weight is 836 g/mol. The maximum Gasteiger partial charge on any atom is 0.160 e. The summed E-state index contributed by atoms with van der Waals surface area (Å²) in [5.74, 6) is 3.22. The van der Waals surface area contributed by atoms with E-state index in [9.17, 15) is 0 Å². The second-order valence-corrected chi connectivity index (χ2v) is 20.3. The molecule has 0 amide bonds. The number of hydrogen-bond acceptors (Lipinski definition) is 3. The van der Waals surface area contributed by atoms with Crippen LogP contribution >= 0.6 is 0 Å². The number of unbranched alkanes of at least 4 members (excludes halogenated alkanes) is 26. The van der Waals surface area contributed by atoms with Crippen LogP contribution in [0.3, 0.4) is 0 Å². The highest BCUT2D eigenvalue weighted by Crippen LogP contribution is 2.26. The maximum atomic E-state index is 6.82. The van der Waals surface area contributed by atoms with Crippen LogP contribution < -0.4 is 0 Å². The molecule has 0 aliphatic carbocycles. The lowest BCUT2D eigenvalue weighted by atomic mass is 9.89. The molecule has 59 heavy (non-hydrogen) atoms.